The number of rotatable bonds is 4. The Bertz CT molecular complexity index is 526. The van der Waals surface area contributed by atoms with Crippen molar-refractivity contribution in [2.24, 2.45) is 0 Å². The van der Waals surface area contributed by atoms with Gasteiger partial charge >= 0.3 is 0 Å². The summed E-state index contributed by atoms with van der Waals surface area (Å²) < 4.78 is 36.7. The van der Waals surface area contributed by atoms with Crippen LogP contribution in [-0.2, 0) is 10.0 Å². The summed E-state index contributed by atoms with van der Waals surface area (Å²) in [6, 6.07) is 4.42. The van der Waals surface area contributed by atoms with Gasteiger partial charge in [0.15, 0.2) is 11.5 Å². The first-order valence-corrected chi connectivity index (χ1v) is 7.05. The number of benzene rings is 1. The summed E-state index contributed by atoms with van der Waals surface area (Å²) in [5.41, 5.74) is 0. The first-order chi connectivity index (χ1) is 8.49. The Morgan fingerprint density at radius 1 is 1.33 bits per heavy atom. The molecule has 0 saturated heterocycles. The van der Waals surface area contributed by atoms with Gasteiger partial charge in [0.05, 0.1) is 11.0 Å². The molecule has 1 aromatic rings. The molecule has 1 aromatic carbocycles. The number of hydrogen-bond donors (Lipinski definition) is 2. The van der Waals surface area contributed by atoms with Gasteiger partial charge in [-0.1, -0.05) is 0 Å². The van der Waals surface area contributed by atoms with Crippen LogP contribution >= 0.6 is 0 Å². The second kappa shape index (κ2) is 5.13. The average Bonchev–Trinajstić information content (AvgIpc) is 2.36. The van der Waals surface area contributed by atoms with Crippen molar-refractivity contribution >= 4 is 10.0 Å². The maximum atomic E-state index is 11.9. The van der Waals surface area contributed by atoms with E-state index in [4.69, 9.17) is 14.6 Å². The highest BCUT2D eigenvalue weighted by atomic mass is 32.2. The van der Waals surface area contributed by atoms with Crippen LogP contribution in [0.15, 0.2) is 23.1 Å². The topological polar surface area (TPSA) is 84.9 Å². The molecule has 2 N–H and O–H groups in total. The van der Waals surface area contributed by atoms with Gasteiger partial charge in [0.1, 0.15) is 13.2 Å². The Kier molecular flexibility index (Phi) is 3.74. The lowest BCUT2D eigenvalue weighted by molar-refractivity contribution is 0.171. The third-order valence-electron chi connectivity index (χ3n) is 2.39. The molecule has 1 aliphatic rings. The molecule has 6 nitrogen and oxygen atoms in total. The second-order valence-electron chi connectivity index (χ2n) is 4.01. The average molecular weight is 273 g/mol. The summed E-state index contributed by atoms with van der Waals surface area (Å²) in [6.45, 7) is 2.33. The summed E-state index contributed by atoms with van der Waals surface area (Å²) >= 11 is 0. The van der Waals surface area contributed by atoms with E-state index < -0.39 is 16.1 Å². The Balaban J connectivity index is 2.22. The van der Waals surface area contributed by atoms with Crippen LogP contribution in [0, 0.1) is 0 Å². The van der Waals surface area contributed by atoms with Gasteiger partial charge in [-0.25, -0.2) is 13.1 Å². The number of aliphatic hydroxyl groups excluding tert-OH is 1. The van der Waals surface area contributed by atoms with Gasteiger partial charge in [-0.05, 0) is 19.1 Å². The van der Waals surface area contributed by atoms with E-state index in [2.05, 4.69) is 4.72 Å². The van der Waals surface area contributed by atoms with E-state index in [9.17, 15) is 8.42 Å². The molecule has 0 saturated carbocycles. The molecule has 1 heterocycles. The van der Waals surface area contributed by atoms with Gasteiger partial charge < -0.3 is 14.6 Å². The van der Waals surface area contributed by atoms with Gasteiger partial charge in [0.25, 0.3) is 0 Å². The van der Waals surface area contributed by atoms with Crippen molar-refractivity contribution < 1.29 is 23.0 Å². The van der Waals surface area contributed by atoms with Crippen LogP contribution in [0.4, 0.5) is 0 Å². The number of sulfonamides is 1. The molecule has 0 aromatic heterocycles. The molecule has 2 rings (SSSR count). The van der Waals surface area contributed by atoms with Gasteiger partial charge in [-0.2, -0.15) is 0 Å². The molecule has 0 fully saturated rings. The fraction of sp³-hybridized carbons (Fsp3) is 0.455. The Labute approximate surface area is 106 Å². The summed E-state index contributed by atoms with van der Waals surface area (Å²) in [5, 5.41) is 9.08. The van der Waals surface area contributed by atoms with Crippen molar-refractivity contribution in [1.29, 1.82) is 0 Å². The molecule has 1 aliphatic heterocycles. The number of nitrogens with one attached hydrogen (secondary N) is 1. The lowest BCUT2D eigenvalue weighted by Crippen LogP contribution is -2.30. The Morgan fingerprint density at radius 3 is 2.67 bits per heavy atom. The van der Waals surface area contributed by atoms with Crippen LogP contribution in [0.2, 0.25) is 0 Å². The van der Waals surface area contributed by atoms with Crippen molar-refractivity contribution in [3.05, 3.63) is 18.2 Å². The van der Waals surface area contributed by atoms with Gasteiger partial charge in [-0.15, -0.1) is 0 Å². The maximum Gasteiger partial charge on any atom is 0.240 e. The number of hydrogen-bond acceptors (Lipinski definition) is 5. The zero-order valence-electron chi connectivity index (χ0n) is 9.92. The first kappa shape index (κ1) is 13.1. The summed E-state index contributed by atoms with van der Waals surface area (Å²) in [6.07, 6.45) is -0.739. The van der Waals surface area contributed by atoms with Crippen molar-refractivity contribution in [3.8, 4) is 11.5 Å². The Hall–Kier alpha value is -1.31. The minimum absolute atomic E-state index is 0.0310. The van der Waals surface area contributed by atoms with Gasteiger partial charge in [-0.3, -0.25) is 0 Å². The predicted octanol–water partition coefficient (Wildman–Crippen LogP) is 0.117. The highest BCUT2D eigenvalue weighted by Gasteiger charge is 2.19. The molecule has 1 atom stereocenters. The predicted molar refractivity (Wildman–Crippen MR) is 64.3 cm³/mol. The number of aliphatic hydroxyl groups is 1. The largest absolute Gasteiger partial charge is 0.486 e. The highest BCUT2D eigenvalue weighted by Crippen LogP contribution is 2.32. The molecular formula is C11H15NO5S. The lowest BCUT2D eigenvalue weighted by atomic mass is 10.3. The van der Waals surface area contributed by atoms with Crippen LogP contribution < -0.4 is 14.2 Å². The van der Waals surface area contributed by atoms with Crippen LogP contribution in [0.1, 0.15) is 6.92 Å². The van der Waals surface area contributed by atoms with Crippen LogP contribution in [-0.4, -0.2) is 39.4 Å². The van der Waals surface area contributed by atoms with Crippen molar-refractivity contribution in [2.75, 3.05) is 19.8 Å². The normalized spacial score (nSPS) is 16.3. The van der Waals surface area contributed by atoms with E-state index in [1.54, 1.807) is 6.07 Å². The minimum Gasteiger partial charge on any atom is -0.486 e. The minimum atomic E-state index is -3.63. The molecule has 7 heteroatoms. The van der Waals surface area contributed by atoms with Gasteiger partial charge in [0, 0.05) is 12.6 Å². The molecule has 0 radical (unpaired) electrons. The third-order valence-corrected chi connectivity index (χ3v) is 3.81. The lowest BCUT2D eigenvalue weighted by Gasteiger charge is -2.19. The quantitative estimate of drug-likeness (QED) is 0.813. The number of fused-ring (bicyclic) bond motifs is 1. The molecule has 18 heavy (non-hydrogen) atoms. The Morgan fingerprint density at radius 2 is 2.00 bits per heavy atom. The smallest absolute Gasteiger partial charge is 0.240 e. The zero-order valence-corrected chi connectivity index (χ0v) is 10.7. The molecule has 100 valence electrons. The fourth-order valence-corrected chi connectivity index (χ4v) is 2.64. The summed E-state index contributed by atoms with van der Waals surface area (Å²) in [7, 11) is -3.63. The van der Waals surface area contributed by atoms with E-state index in [0.29, 0.717) is 24.7 Å². The molecule has 0 amide bonds. The fourth-order valence-electron chi connectivity index (χ4n) is 1.50. The van der Waals surface area contributed by atoms with Crippen molar-refractivity contribution in [2.45, 2.75) is 17.9 Å². The van der Waals surface area contributed by atoms with E-state index in [1.165, 1.54) is 19.1 Å². The maximum absolute atomic E-state index is 11.9. The SMILES string of the molecule is C[C@@H](O)CNS(=O)(=O)c1ccc2c(c1)OCCO2. The summed E-state index contributed by atoms with van der Waals surface area (Å²) in [4.78, 5) is 0.0902. The monoisotopic (exact) mass is 273 g/mol. The number of ether oxygens (including phenoxy) is 2. The molecule has 0 bridgehead atoms. The summed E-state index contributed by atoms with van der Waals surface area (Å²) in [5.74, 6) is 0.955. The molecule has 0 aliphatic carbocycles. The first-order valence-electron chi connectivity index (χ1n) is 5.56. The van der Waals surface area contributed by atoms with Gasteiger partial charge in [0.2, 0.25) is 10.0 Å². The van der Waals surface area contributed by atoms with E-state index >= 15 is 0 Å². The van der Waals surface area contributed by atoms with Crippen LogP contribution in [0.3, 0.4) is 0 Å². The third kappa shape index (κ3) is 2.92. The van der Waals surface area contributed by atoms with Crippen LogP contribution in [0.5, 0.6) is 11.5 Å². The van der Waals surface area contributed by atoms with E-state index in [1.807, 2.05) is 0 Å². The van der Waals surface area contributed by atoms with Crippen molar-refractivity contribution in [3.63, 3.8) is 0 Å². The molecule has 0 unspecified atom stereocenters. The molecular weight excluding hydrogens is 258 g/mol. The highest BCUT2D eigenvalue weighted by molar-refractivity contribution is 7.89. The van der Waals surface area contributed by atoms with E-state index in [0.717, 1.165) is 0 Å². The van der Waals surface area contributed by atoms with E-state index in [-0.39, 0.29) is 11.4 Å². The molecule has 0 spiro atoms. The van der Waals surface area contributed by atoms with Crippen LogP contribution in [0.25, 0.3) is 0 Å². The second-order valence-corrected chi connectivity index (χ2v) is 5.77. The zero-order chi connectivity index (χ0) is 13.2. The van der Waals surface area contributed by atoms with Crippen molar-refractivity contribution in [1.82, 2.24) is 4.72 Å². The standard InChI is InChI=1S/C11H15NO5S/c1-8(13)7-12-18(14,15)9-2-3-10-11(6-9)17-5-4-16-10/h2-3,6,8,12-13H,4-5,7H2,1H3/t8-/m1/s1.